The van der Waals surface area contributed by atoms with Gasteiger partial charge in [0.25, 0.3) is 0 Å². The van der Waals surface area contributed by atoms with Crippen LogP contribution in [0.15, 0.2) is 12.1 Å². The zero-order valence-electron chi connectivity index (χ0n) is 13.2. The Labute approximate surface area is 120 Å². The Balaban J connectivity index is 2.74. The summed E-state index contributed by atoms with van der Waals surface area (Å²) in [4.78, 5) is 14.9. The minimum Gasteiger partial charge on any atom is -0.358 e. The van der Waals surface area contributed by atoms with Crippen LogP contribution in [0, 0.1) is 13.8 Å². The average Bonchev–Trinajstić information content (AvgIpc) is 2.63. The monoisotopic (exact) mass is 272 g/mol. The van der Waals surface area contributed by atoms with Crippen LogP contribution in [0.25, 0.3) is 10.9 Å². The third-order valence-electron chi connectivity index (χ3n) is 3.89. The molecule has 0 unspecified atom stereocenters. The first-order valence-electron chi connectivity index (χ1n) is 7.21. The summed E-state index contributed by atoms with van der Waals surface area (Å²) in [6.07, 6.45) is 0. The Kier molecular flexibility index (Phi) is 3.89. The summed E-state index contributed by atoms with van der Waals surface area (Å²) in [7, 11) is 0. The normalized spacial score (nSPS) is 12.9. The first-order valence-corrected chi connectivity index (χ1v) is 7.21. The van der Waals surface area contributed by atoms with Crippen LogP contribution < -0.4 is 5.32 Å². The molecule has 0 radical (unpaired) electrons. The lowest BCUT2D eigenvalue weighted by Crippen LogP contribution is -2.24. The molecule has 0 aliphatic heterocycles. The third-order valence-corrected chi connectivity index (χ3v) is 3.89. The van der Waals surface area contributed by atoms with Gasteiger partial charge in [-0.2, -0.15) is 0 Å². The maximum Gasteiger partial charge on any atom is 0.217 e. The molecular formula is C17H24N2O. The van der Waals surface area contributed by atoms with Crippen molar-refractivity contribution in [1.82, 2.24) is 10.3 Å². The van der Waals surface area contributed by atoms with Gasteiger partial charge < -0.3 is 10.3 Å². The van der Waals surface area contributed by atoms with E-state index in [0.717, 1.165) is 5.52 Å². The number of hydrogen-bond acceptors (Lipinski definition) is 1. The maximum atomic E-state index is 11.4. The first-order chi connectivity index (χ1) is 9.32. The minimum atomic E-state index is 0.00672. The molecule has 108 valence electrons. The smallest absolute Gasteiger partial charge is 0.217 e. The Morgan fingerprint density at radius 3 is 2.35 bits per heavy atom. The first kappa shape index (κ1) is 14.6. The highest BCUT2D eigenvalue weighted by molar-refractivity contribution is 5.90. The molecule has 1 aromatic carbocycles. The van der Waals surface area contributed by atoms with Crippen LogP contribution in [0.3, 0.4) is 0 Å². The van der Waals surface area contributed by atoms with Crippen molar-refractivity contribution in [2.24, 2.45) is 0 Å². The van der Waals surface area contributed by atoms with E-state index < -0.39 is 0 Å². The van der Waals surface area contributed by atoms with Crippen LogP contribution in [0.4, 0.5) is 0 Å². The van der Waals surface area contributed by atoms with E-state index in [0.29, 0.717) is 5.92 Å². The van der Waals surface area contributed by atoms with Crippen molar-refractivity contribution in [3.05, 3.63) is 34.5 Å². The quantitative estimate of drug-likeness (QED) is 0.868. The number of amides is 1. The van der Waals surface area contributed by atoms with Crippen LogP contribution in [-0.4, -0.2) is 10.9 Å². The number of rotatable bonds is 3. The molecular weight excluding hydrogens is 248 g/mol. The Bertz CT molecular complexity index is 653. The number of hydrogen-bond donors (Lipinski definition) is 2. The van der Waals surface area contributed by atoms with Gasteiger partial charge in [0.2, 0.25) is 5.91 Å². The van der Waals surface area contributed by atoms with E-state index in [9.17, 15) is 4.79 Å². The van der Waals surface area contributed by atoms with Gasteiger partial charge in [0.15, 0.2) is 0 Å². The molecule has 0 aliphatic rings. The molecule has 0 spiro atoms. The summed E-state index contributed by atoms with van der Waals surface area (Å²) in [5, 5.41) is 4.29. The summed E-state index contributed by atoms with van der Waals surface area (Å²) in [6.45, 7) is 12.3. The second-order valence-corrected chi connectivity index (χ2v) is 5.96. The van der Waals surface area contributed by atoms with Gasteiger partial charge >= 0.3 is 0 Å². The minimum absolute atomic E-state index is 0.00672. The third kappa shape index (κ3) is 2.45. The summed E-state index contributed by atoms with van der Waals surface area (Å²) < 4.78 is 0. The molecule has 2 aromatic rings. The number of aromatic amines is 1. The zero-order chi connectivity index (χ0) is 15.0. The largest absolute Gasteiger partial charge is 0.358 e. The highest BCUT2D eigenvalue weighted by atomic mass is 16.1. The fraction of sp³-hybridized carbons (Fsp3) is 0.471. The van der Waals surface area contributed by atoms with Crippen molar-refractivity contribution in [1.29, 1.82) is 0 Å². The van der Waals surface area contributed by atoms with Crippen LogP contribution in [0.1, 0.15) is 62.0 Å². The standard InChI is InChI=1S/C17H24N2O/c1-9(2)15-11(4)19-14-8-7-10(3)16(17(14)15)12(5)18-13(6)20/h7-9,12,19H,1-6H3,(H,18,20)/t12-/m0/s1. The number of aromatic nitrogens is 1. The molecule has 1 atom stereocenters. The topological polar surface area (TPSA) is 44.9 Å². The fourth-order valence-corrected chi connectivity index (χ4v) is 3.23. The second kappa shape index (κ2) is 5.31. The molecule has 1 aromatic heterocycles. The van der Waals surface area contributed by atoms with Crippen LogP contribution in [-0.2, 0) is 4.79 Å². The van der Waals surface area contributed by atoms with Gasteiger partial charge in [0, 0.05) is 23.5 Å². The van der Waals surface area contributed by atoms with E-state index in [1.807, 2.05) is 0 Å². The van der Waals surface area contributed by atoms with Gasteiger partial charge in [-0.05, 0) is 49.4 Å². The Morgan fingerprint density at radius 2 is 1.80 bits per heavy atom. The number of H-pyrrole nitrogens is 1. The number of aryl methyl sites for hydroxylation is 2. The molecule has 3 nitrogen and oxygen atoms in total. The molecule has 0 aliphatic carbocycles. The number of carbonyl (C=O) groups is 1. The predicted molar refractivity (Wildman–Crippen MR) is 84.1 cm³/mol. The molecule has 1 heterocycles. The lowest BCUT2D eigenvalue weighted by atomic mass is 9.91. The van der Waals surface area contributed by atoms with Gasteiger partial charge in [-0.15, -0.1) is 0 Å². The van der Waals surface area contributed by atoms with Crippen LogP contribution in [0.5, 0.6) is 0 Å². The molecule has 0 saturated carbocycles. The van der Waals surface area contributed by atoms with E-state index in [1.54, 1.807) is 6.92 Å². The number of fused-ring (bicyclic) bond motifs is 1. The van der Waals surface area contributed by atoms with Crippen molar-refractivity contribution in [2.75, 3.05) is 0 Å². The van der Waals surface area contributed by atoms with Crippen molar-refractivity contribution in [3.8, 4) is 0 Å². The molecule has 2 N–H and O–H groups in total. The van der Waals surface area contributed by atoms with Crippen LogP contribution >= 0.6 is 0 Å². The number of benzene rings is 1. The summed E-state index contributed by atoms with van der Waals surface area (Å²) in [6, 6.07) is 4.27. The molecule has 3 heteroatoms. The number of carbonyl (C=O) groups excluding carboxylic acids is 1. The average molecular weight is 272 g/mol. The van der Waals surface area contributed by atoms with Crippen molar-refractivity contribution < 1.29 is 4.79 Å². The second-order valence-electron chi connectivity index (χ2n) is 5.96. The molecule has 0 saturated heterocycles. The lowest BCUT2D eigenvalue weighted by Gasteiger charge is -2.19. The van der Waals surface area contributed by atoms with Gasteiger partial charge in [-0.1, -0.05) is 19.9 Å². The zero-order valence-corrected chi connectivity index (χ0v) is 13.2. The summed E-state index contributed by atoms with van der Waals surface area (Å²) in [5.41, 5.74) is 6.18. The summed E-state index contributed by atoms with van der Waals surface area (Å²) >= 11 is 0. The maximum absolute atomic E-state index is 11.4. The molecule has 0 fully saturated rings. The number of nitrogens with one attached hydrogen (secondary N) is 2. The highest BCUT2D eigenvalue weighted by Gasteiger charge is 2.20. The van der Waals surface area contributed by atoms with E-state index in [2.05, 4.69) is 57.1 Å². The SMILES string of the molecule is CC(=O)N[C@@H](C)c1c(C)ccc2[nH]c(C)c(C(C)C)c12. The van der Waals surface area contributed by atoms with Crippen LogP contribution in [0.2, 0.25) is 0 Å². The van der Waals surface area contributed by atoms with Crippen molar-refractivity contribution >= 4 is 16.8 Å². The van der Waals surface area contributed by atoms with Crippen molar-refractivity contribution in [3.63, 3.8) is 0 Å². The predicted octanol–water partition coefficient (Wildman–Crippen LogP) is 4.11. The fourth-order valence-electron chi connectivity index (χ4n) is 3.23. The Hall–Kier alpha value is -1.77. The van der Waals surface area contributed by atoms with Gasteiger partial charge in [0.05, 0.1) is 6.04 Å². The van der Waals surface area contributed by atoms with E-state index in [-0.39, 0.29) is 11.9 Å². The Morgan fingerprint density at radius 1 is 1.15 bits per heavy atom. The van der Waals surface area contributed by atoms with Gasteiger partial charge in [0.1, 0.15) is 0 Å². The van der Waals surface area contributed by atoms with Gasteiger partial charge in [-0.3, -0.25) is 4.79 Å². The highest BCUT2D eigenvalue weighted by Crippen LogP contribution is 2.35. The van der Waals surface area contributed by atoms with Gasteiger partial charge in [-0.25, -0.2) is 0 Å². The molecule has 20 heavy (non-hydrogen) atoms. The summed E-state index contributed by atoms with van der Waals surface area (Å²) in [5.74, 6) is 0.459. The van der Waals surface area contributed by atoms with E-state index in [1.165, 1.54) is 27.8 Å². The molecule has 1 amide bonds. The molecule has 0 bridgehead atoms. The molecule has 2 rings (SSSR count). The van der Waals surface area contributed by atoms with E-state index >= 15 is 0 Å². The van der Waals surface area contributed by atoms with E-state index in [4.69, 9.17) is 0 Å². The lowest BCUT2D eigenvalue weighted by molar-refractivity contribution is -0.119. The van der Waals surface area contributed by atoms with Crippen molar-refractivity contribution in [2.45, 2.75) is 53.5 Å².